The van der Waals surface area contributed by atoms with Gasteiger partial charge in [-0.05, 0) is 31.0 Å². The molecule has 1 heterocycles. The molecule has 2 N–H and O–H groups in total. The summed E-state index contributed by atoms with van der Waals surface area (Å²) >= 11 is 0. The first-order valence-corrected chi connectivity index (χ1v) is 10.1. The van der Waals surface area contributed by atoms with Gasteiger partial charge in [-0.1, -0.05) is 6.07 Å². The number of ether oxygens (including phenoxy) is 1. The topological polar surface area (TPSA) is 105 Å². The number of carbonyl (C=O) groups excluding carboxylic acids is 2. The van der Waals surface area contributed by atoms with Crippen LogP contribution in [0.1, 0.15) is 19.8 Å². The van der Waals surface area contributed by atoms with Crippen LogP contribution >= 0.6 is 0 Å². The van der Waals surface area contributed by atoms with Gasteiger partial charge in [-0.3, -0.25) is 9.59 Å². The average Bonchev–Trinajstić information content (AvgIpc) is 2.60. The lowest BCUT2D eigenvalue weighted by Crippen LogP contribution is -2.45. The molecule has 1 saturated heterocycles. The molecule has 0 aliphatic carbocycles. The van der Waals surface area contributed by atoms with E-state index in [-0.39, 0.29) is 30.7 Å². The van der Waals surface area contributed by atoms with Crippen molar-refractivity contribution in [3.05, 3.63) is 24.3 Å². The predicted molar refractivity (Wildman–Crippen MR) is 99.3 cm³/mol. The van der Waals surface area contributed by atoms with Gasteiger partial charge in [0, 0.05) is 38.5 Å². The number of anilines is 2. The molecule has 144 valence electrons. The number of amides is 2. The quantitative estimate of drug-likeness (QED) is 0.738. The minimum absolute atomic E-state index is 0.0867. The number of piperidine rings is 1. The van der Waals surface area contributed by atoms with Gasteiger partial charge in [-0.15, -0.1) is 0 Å². The number of hydrogen-bond acceptors (Lipinski definition) is 5. The number of carbonyl (C=O) groups is 2. The molecule has 9 heteroatoms. The summed E-state index contributed by atoms with van der Waals surface area (Å²) in [5, 5.41) is 5.46. The lowest BCUT2D eigenvalue weighted by molar-refractivity contribution is -0.121. The van der Waals surface area contributed by atoms with Crippen LogP contribution in [0.3, 0.4) is 0 Å². The summed E-state index contributed by atoms with van der Waals surface area (Å²) in [5.74, 6) is -0.920. The Kier molecular flexibility index (Phi) is 7.13. The predicted octanol–water partition coefficient (Wildman–Crippen LogP) is 1.27. The van der Waals surface area contributed by atoms with Crippen molar-refractivity contribution < 1.29 is 22.7 Å². The third-order valence-electron chi connectivity index (χ3n) is 4.14. The third kappa shape index (κ3) is 5.79. The van der Waals surface area contributed by atoms with Crippen LogP contribution < -0.4 is 10.6 Å². The first kappa shape index (κ1) is 20.3. The molecule has 1 unspecified atom stereocenters. The largest absolute Gasteiger partial charge is 0.384 e. The first-order chi connectivity index (χ1) is 12.3. The van der Waals surface area contributed by atoms with Crippen LogP contribution in [-0.2, 0) is 24.3 Å². The highest BCUT2D eigenvalue weighted by molar-refractivity contribution is 7.89. The van der Waals surface area contributed by atoms with Gasteiger partial charge in [0.2, 0.25) is 21.8 Å². The molecule has 2 amide bonds. The van der Waals surface area contributed by atoms with E-state index in [2.05, 4.69) is 10.6 Å². The lowest BCUT2D eigenvalue weighted by atomic mass is 9.98. The second-order valence-corrected chi connectivity index (χ2v) is 8.35. The van der Waals surface area contributed by atoms with Crippen molar-refractivity contribution in [3.63, 3.8) is 0 Å². The molecule has 1 aromatic carbocycles. The smallest absolute Gasteiger partial charge is 0.228 e. The summed E-state index contributed by atoms with van der Waals surface area (Å²) in [6, 6.07) is 6.83. The van der Waals surface area contributed by atoms with Crippen molar-refractivity contribution in [2.24, 2.45) is 5.92 Å². The molecule has 1 aliphatic heterocycles. The second-order valence-electron chi connectivity index (χ2n) is 6.26. The molecule has 0 radical (unpaired) electrons. The van der Waals surface area contributed by atoms with Gasteiger partial charge >= 0.3 is 0 Å². The SMILES string of the molecule is COCCS(=O)(=O)N1CCCC(C(=O)Nc2cccc(NC(C)=O)c2)C1. The fourth-order valence-corrected chi connectivity index (χ4v) is 4.30. The number of hydrogen-bond donors (Lipinski definition) is 2. The van der Waals surface area contributed by atoms with Crippen LogP contribution in [0.4, 0.5) is 11.4 Å². The Morgan fingerprint density at radius 1 is 1.27 bits per heavy atom. The number of methoxy groups -OCH3 is 1. The van der Waals surface area contributed by atoms with E-state index < -0.39 is 15.9 Å². The van der Waals surface area contributed by atoms with Crippen molar-refractivity contribution in [2.75, 3.05) is 43.2 Å². The molecule has 0 bridgehead atoms. The van der Waals surface area contributed by atoms with Gasteiger partial charge in [-0.25, -0.2) is 12.7 Å². The summed E-state index contributed by atoms with van der Waals surface area (Å²) in [4.78, 5) is 23.7. The van der Waals surface area contributed by atoms with E-state index in [1.54, 1.807) is 24.3 Å². The number of rotatable bonds is 7. The number of sulfonamides is 1. The molecule has 1 atom stereocenters. The molecule has 0 spiro atoms. The van der Waals surface area contributed by atoms with Crippen LogP contribution in [0.5, 0.6) is 0 Å². The molecule has 1 aliphatic rings. The average molecular weight is 383 g/mol. The Bertz CT molecular complexity index is 751. The Balaban J connectivity index is 2.00. The zero-order chi connectivity index (χ0) is 19.2. The van der Waals surface area contributed by atoms with Gasteiger partial charge in [0.15, 0.2) is 0 Å². The van der Waals surface area contributed by atoms with E-state index in [1.807, 2.05) is 0 Å². The summed E-state index contributed by atoms with van der Waals surface area (Å²) in [7, 11) is -1.97. The van der Waals surface area contributed by atoms with Crippen molar-refractivity contribution in [3.8, 4) is 0 Å². The Labute approximate surface area is 153 Å². The Hall–Kier alpha value is -1.97. The maximum atomic E-state index is 12.5. The van der Waals surface area contributed by atoms with Crippen molar-refractivity contribution in [1.82, 2.24) is 4.31 Å². The van der Waals surface area contributed by atoms with Crippen molar-refractivity contribution >= 4 is 33.2 Å². The van der Waals surface area contributed by atoms with Gasteiger partial charge in [0.1, 0.15) is 0 Å². The molecular weight excluding hydrogens is 358 g/mol. The van der Waals surface area contributed by atoms with Crippen molar-refractivity contribution in [1.29, 1.82) is 0 Å². The molecular formula is C17H25N3O5S. The number of nitrogens with zero attached hydrogens (tertiary/aromatic N) is 1. The van der Waals surface area contributed by atoms with Gasteiger partial charge in [0.25, 0.3) is 0 Å². The van der Waals surface area contributed by atoms with E-state index in [4.69, 9.17) is 4.74 Å². The van der Waals surface area contributed by atoms with Crippen LogP contribution in [0.25, 0.3) is 0 Å². The minimum atomic E-state index is -3.42. The van der Waals surface area contributed by atoms with E-state index >= 15 is 0 Å². The highest BCUT2D eigenvalue weighted by Crippen LogP contribution is 2.22. The summed E-state index contributed by atoms with van der Waals surface area (Å²) in [6.07, 6.45) is 1.27. The van der Waals surface area contributed by atoms with Crippen LogP contribution in [0.2, 0.25) is 0 Å². The minimum Gasteiger partial charge on any atom is -0.384 e. The summed E-state index contributed by atoms with van der Waals surface area (Å²) < 4.78 is 30.8. The zero-order valence-electron chi connectivity index (χ0n) is 15.0. The van der Waals surface area contributed by atoms with Crippen LogP contribution in [0.15, 0.2) is 24.3 Å². The van der Waals surface area contributed by atoms with Gasteiger partial charge in [-0.2, -0.15) is 0 Å². The molecule has 1 aromatic rings. The standard InChI is InChI=1S/C17H25N3O5S/c1-13(21)18-15-6-3-7-16(11-15)19-17(22)14-5-4-8-20(12-14)26(23,24)10-9-25-2/h3,6-7,11,14H,4-5,8-10,12H2,1-2H3,(H,18,21)(H,19,22). The number of nitrogens with one attached hydrogen (secondary N) is 2. The number of benzene rings is 1. The highest BCUT2D eigenvalue weighted by Gasteiger charge is 2.32. The molecule has 8 nitrogen and oxygen atoms in total. The molecule has 0 aromatic heterocycles. The Morgan fingerprint density at radius 2 is 1.96 bits per heavy atom. The van der Waals surface area contributed by atoms with Gasteiger partial charge in [0.05, 0.1) is 18.3 Å². The Morgan fingerprint density at radius 3 is 2.62 bits per heavy atom. The van der Waals surface area contributed by atoms with E-state index in [1.165, 1.54) is 18.3 Å². The fourth-order valence-electron chi connectivity index (χ4n) is 2.85. The normalized spacial score (nSPS) is 18.3. The molecule has 26 heavy (non-hydrogen) atoms. The first-order valence-electron chi connectivity index (χ1n) is 8.47. The zero-order valence-corrected chi connectivity index (χ0v) is 15.8. The van der Waals surface area contributed by atoms with E-state index in [0.717, 1.165) is 0 Å². The van der Waals surface area contributed by atoms with E-state index in [9.17, 15) is 18.0 Å². The summed E-state index contributed by atoms with van der Waals surface area (Å²) in [5.41, 5.74) is 1.14. The summed E-state index contributed by atoms with van der Waals surface area (Å²) in [6.45, 7) is 2.13. The van der Waals surface area contributed by atoms with E-state index in [0.29, 0.717) is 30.8 Å². The fraction of sp³-hybridized carbons (Fsp3) is 0.529. The maximum absolute atomic E-state index is 12.5. The monoisotopic (exact) mass is 383 g/mol. The lowest BCUT2D eigenvalue weighted by Gasteiger charge is -2.31. The van der Waals surface area contributed by atoms with Gasteiger partial charge < -0.3 is 15.4 Å². The maximum Gasteiger partial charge on any atom is 0.228 e. The highest BCUT2D eigenvalue weighted by atomic mass is 32.2. The molecule has 2 rings (SSSR count). The molecule has 1 fully saturated rings. The third-order valence-corrected chi connectivity index (χ3v) is 5.95. The van der Waals surface area contributed by atoms with Crippen LogP contribution in [0, 0.1) is 5.92 Å². The van der Waals surface area contributed by atoms with Crippen molar-refractivity contribution in [2.45, 2.75) is 19.8 Å². The van der Waals surface area contributed by atoms with Crippen LogP contribution in [-0.4, -0.2) is 57.1 Å². The second kappa shape index (κ2) is 9.11. The molecule has 0 saturated carbocycles.